The normalized spacial score (nSPS) is 10.4. The summed E-state index contributed by atoms with van der Waals surface area (Å²) in [6.07, 6.45) is 1.62. The Morgan fingerprint density at radius 2 is 1.47 bits per heavy atom. The van der Waals surface area contributed by atoms with Gasteiger partial charge in [-0.2, -0.15) is 0 Å². The zero-order valence-corrected chi connectivity index (χ0v) is 17.2. The van der Waals surface area contributed by atoms with Crippen molar-refractivity contribution in [2.24, 2.45) is 7.05 Å². The molecule has 2 amide bonds. The molecule has 0 radical (unpaired) electrons. The van der Waals surface area contributed by atoms with Crippen LogP contribution in [0.4, 0.5) is 11.5 Å². The molecule has 3 rings (SSSR count). The van der Waals surface area contributed by atoms with Crippen LogP contribution in [0.5, 0.6) is 0 Å². The summed E-state index contributed by atoms with van der Waals surface area (Å²) >= 11 is 0. The Morgan fingerprint density at radius 1 is 0.867 bits per heavy atom. The molecule has 0 aliphatic heterocycles. The van der Waals surface area contributed by atoms with Gasteiger partial charge in [0.15, 0.2) is 5.82 Å². The first kappa shape index (κ1) is 20.8. The molecule has 1 heterocycles. The van der Waals surface area contributed by atoms with Crippen molar-refractivity contribution in [1.82, 2.24) is 9.55 Å². The molecule has 154 valence electrons. The number of esters is 1. The highest BCUT2D eigenvalue weighted by Gasteiger charge is 2.23. The third-order valence-corrected chi connectivity index (χ3v) is 4.70. The van der Waals surface area contributed by atoms with Crippen molar-refractivity contribution >= 4 is 29.3 Å². The lowest BCUT2D eigenvalue weighted by Crippen LogP contribution is -2.29. The van der Waals surface area contributed by atoms with E-state index in [1.165, 1.54) is 29.0 Å². The van der Waals surface area contributed by atoms with E-state index in [0.29, 0.717) is 16.9 Å². The SMILES string of the molecule is COC(=O)c1ccc(C(=O)N(C)c2cn(C)c(C(=O)N(C)c3ccccc3)n2)cc1. The van der Waals surface area contributed by atoms with Crippen LogP contribution < -0.4 is 9.80 Å². The van der Waals surface area contributed by atoms with Gasteiger partial charge in [-0.25, -0.2) is 9.78 Å². The molecule has 0 N–H and O–H groups in total. The second-order valence-electron chi connectivity index (χ2n) is 6.67. The molecule has 0 unspecified atom stereocenters. The Labute approximate surface area is 174 Å². The van der Waals surface area contributed by atoms with Crippen molar-refractivity contribution < 1.29 is 19.1 Å². The number of benzene rings is 2. The molecular weight excluding hydrogens is 384 g/mol. The minimum atomic E-state index is -0.474. The van der Waals surface area contributed by atoms with Crippen molar-refractivity contribution in [2.75, 3.05) is 31.0 Å². The van der Waals surface area contributed by atoms with Crippen molar-refractivity contribution in [3.8, 4) is 0 Å². The fraction of sp³-hybridized carbons (Fsp3) is 0.182. The van der Waals surface area contributed by atoms with Crippen LogP contribution in [0.15, 0.2) is 60.8 Å². The van der Waals surface area contributed by atoms with Gasteiger partial charge in [-0.15, -0.1) is 0 Å². The molecule has 8 heteroatoms. The first-order chi connectivity index (χ1) is 14.3. The molecule has 30 heavy (non-hydrogen) atoms. The van der Waals surface area contributed by atoms with Crippen LogP contribution in [0.25, 0.3) is 0 Å². The maximum absolute atomic E-state index is 12.9. The van der Waals surface area contributed by atoms with Gasteiger partial charge in [-0.1, -0.05) is 18.2 Å². The first-order valence-electron chi connectivity index (χ1n) is 9.16. The number of hydrogen-bond donors (Lipinski definition) is 0. The minimum absolute atomic E-state index is 0.206. The lowest BCUT2D eigenvalue weighted by atomic mass is 10.1. The highest BCUT2D eigenvalue weighted by atomic mass is 16.5. The molecule has 8 nitrogen and oxygen atoms in total. The van der Waals surface area contributed by atoms with Gasteiger partial charge in [-0.3, -0.25) is 14.5 Å². The third-order valence-electron chi connectivity index (χ3n) is 4.70. The van der Waals surface area contributed by atoms with Crippen LogP contribution >= 0.6 is 0 Å². The topological polar surface area (TPSA) is 84.7 Å². The molecule has 0 spiro atoms. The molecule has 2 aromatic carbocycles. The Morgan fingerprint density at radius 3 is 2.07 bits per heavy atom. The summed E-state index contributed by atoms with van der Waals surface area (Å²) in [4.78, 5) is 44.4. The quantitative estimate of drug-likeness (QED) is 0.609. The van der Waals surface area contributed by atoms with Gasteiger partial charge in [0.05, 0.1) is 12.7 Å². The highest BCUT2D eigenvalue weighted by Crippen LogP contribution is 2.19. The number of carbonyl (C=O) groups is 3. The van der Waals surface area contributed by atoms with Crippen LogP contribution in [0, 0.1) is 0 Å². The Kier molecular flexibility index (Phi) is 5.96. The number of aromatic nitrogens is 2. The summed E-state index contributed by atoms with van der Waals surface area (Å²) in [6.45, 7) is 0. The molecule has 0 aliphatic carbocycles. The second kappa shape index (κ2) is 8.60. The number of methoxy groups -OCH3 is 1. The first-order valence-corrected chi connectivity index (χ1v) is 9.16. The minimum Gasteiger partial charge on any atom is -0.465 e. The number of anilines is 2. The fourth-order valence-corrected chi connectivity index (χ4v) is 2.89. The Bertz CT molecular complexity index is 1070. The van der Waals surface area contributed by atoms with Gasteiger partial charge in [0.2, 0.25) is 5.82 Å². The zero-order chi connectivity index (χ0) is 21.8. The van der Waals surface area contributed by atoms with E-state index in [2.05, 4.69) is 9.72 Å². The second-order valence-corrected chi connectivity index (χ2v) is 6.67. The summed E-state index contributed by atoms with van der Waals surface area (Å²) in [7, 11) is 6.24. The number of amides is 2. The maximum atomic E-state index is 12.9. The van der Waals surface area contributed by atoms with Crippen LogP contribution in [-0.4, -0.2) is 48.5 Å². The van der Waals surface area contributed by atoms with Gasteiger partial charge < -0.3 is 14.2 Å². The predicted molar refractivity (Wildman–Crippen MR) is 113 cm³/mol. The summed E-state index contributed by atoms with van der Waals surface area (Å²) < 4.78 is 6.24. The van der Waals surface area contributed by atoms with Crippen molar-refractivity contribution in [2.45, 2.75) is 0 Å². The number of carbonyl (C=O) groups excluding carboxylic acids is 3. The molecule has 0 saturated heterocycles. The average molecular weight is 406 g/mol. The van der Waals surface area contributed by atoms with E-state index in [1.807, 2.05) is 30.3 Å². The lowest BCUT2D eigenvalue weighted by molar-refractivity contribution is 0.0600. The summed E-state index contributed by atoms with van der Waals surface area (Å²) in [5, 5.41) is 0. The molecule has 1 aromatic heterocycles. The van der Waals surface area contributed by atoms with Gasteiger partial charge in [0, 0.05) is 38.6 Å². The number of para-hydroxylation sites is 1. The molecule has 3 aromatic rings. The van der Waals surface area contributed by atoms with Crippen molar-refractivity contribution in [3.05, 3.63) is 77.7 Å². The van der Waals surface area contributed by atoms with Gasteiger partial charge in [0.25, 0.3) is 11.8 Å². The Hall–Kier alpha value is -3.94. The van der Waals surface area contributed by atoms with E-state index >= 15 is 0 Å². The van der Waals surface area contributed by atoms with E-state index < -0.39 is 5.97 Å². The van der Waals surface area contributed by atoms with Crippen LogP contribution in [0.2, 0.25) is 0 Å². The van der Waals surface area contributed by atoms with Crippen LogP contribution in [-0.2, 0) is 11.8 Å². The van der Waals surface area contributed by atoms with E-state index in [4.69, 9.17) is 0 Å². The van der Waals surface area contributed by atoms with Crippen LogP contribution in [0.3, 0.4) is 0 Å². The number of hydrogen-bond acceptors (Lipinski definition) is 5. The van der Waals surface area contributed by atoms with E-state index in [1.54, 1.807) is 44.0 Å². The summed E-state index contributed by atoms with van der Waals surface area (Å²) in [5.74, 6) is -0.544. The third kappa shape index (κ3) is 4.07. The van der Waals surface area contributed by atoms with Crippen molar-refractivity contribution in [1.29, 1.82) is 0 Å². The molecule has 0 saturated carbocycles. The highest BCUT2D eigenvalue weighted by molar-refractivity contribution is 6.07. The van der Waals surface area contributed by atoms with Crippen LogP contribution in [0.1, 0.15) is 31.3 Å². The number of aryl methyl sites for hydroxylation is 1. The number of imidazole rings is 1. The van der Waals surface area contributed by atoms with Gasteiger partial charge in [-0.05, 0) is 36.4 Å². The number of nitrogens with zero attached hydrogens (tertiary/aromatic N) is 4. The molecule has 0 bridgehead atoms. The number of rotatable bonds is 5. The van der Waals surface area contributed by atoms with Gasteiger partial charge in [0.1, 0.15) is 0 Å². The Balaban J connectivity index is 1.80. The average Bonchev–Trinajstić information content (AvgIpc) is 3.18. The maximum Gasteiger partial charge on any atom is 0.337 e. The zero-order valence-electron chi connectivity index (χ0n) is 17.2. The van der Waals surface area contributed by atoms with Gasteiger partial charge >= 0.3 is 5.97 Å². The van der Waals surface area contributed by atoms with E-state index in [9.17, 15) is 14.4 Å². The summed E-state index contributed by atoms with van der Waals surface area (Å²) in [6, 6.07) is 15.4. The fourth-order valence-electron chi connectivity index (χ4n) is 2.89. The predicted octanol–water partition coefficient (Wildman–Crippen LogP) is 2.76. The largest absolute Gasteiger partial charge is 0.465 e. The monoisotopic (exact) mass is 406 g/mol. The number of ether oxygens (including phenoxy) is 1. The smallest absolute Gasteiger partial charge is 0.337 e. The van der Waals surface area contributed by atoms with E-state index in [0.717, 1.165) is 5.69 Å². The summed E-state index contributed by atoms with van der Waals surface area (Å²) in [5.41, 5.74) is 1.47. The molecular formula is C22H22N4O4. The molecule has 0 atom stereocenters. The van der Waals surface area contributed by atoms with E-state index in [-0.39, 0.29) is 17.6 Å². The standard InChI is InChI=1S/C22H22N4O4/c1-24-14-18(23-19(24)21(28)25(2)17-8-6-5-7-9-17)26(3)20(27)15-10-12-16(13-11-15)22(29)30-4/h5-14H,1-4H3. The molecule has 0 fully saturated rings. The molecule has 0 aliphatic rings. The van der Waals surface area contributed by atoms with Crippen molar-refractivity contribution in [3.63, 3.8) is 0 Å². The lowest BCUT2D eigenvalue weighted by Gasteiger charge is -2.16.